The highest BCUT2D eigenvalue weighted by Crippen LogP contribution is 2.28. The smallest absolute Gasteiger partial charge is 0.265 e. The van der Waals surface area contributed by atoms with E-state index in [9.17, 15) is 18.0 Å². The highest BCUT2D eigenvalue weighted by atomic mass is 19.3. The van der Waals surface area contributed by atoms with Gasteiger partial charge < -0.3 is 0 Å². The van der Waals surface area contributed by atoms with E-state index in [0.29, 0.717) is 11.1 Å². The Kier molecular flexibility index (Phi) is 4.13. The van der Waals surface area contributed by atoms with Gasteiger partial charge in [-0.25, -0.2) is 13.2 Å². The summed E-state index contributed by atoms with van der Waals surface area (Å²) in [6.07, 6.45) is -0.163. The summed E-state index contributed by atoms with van der Waals surface area (Å²) in [6.45, 7) is 3.79. The first kappa shape index (κ1) is 16.2. The van der Waals surface area contributed by atoms with Crippen molar-refractivity contribution in [3.8, 4) is 5.69 Å². The molecule has 24 heavy (non-hydrogen) atoms. The number of hydrogen-bond donors (Lipinski definition) is 0. The van der Waals surface area contributed by atoms with Gasteiger partial charge in [0.05, 0.1) is 22.8 Å². The third kappa shape index (κ3) is 2.68. The number of rotatable bonds is 3. The highest BCUT2D eigenvalue weighted by molar-refractivity contribution is 5.81. The van der Waals surface area contributed by atoms with E-state index in [2.05, 4.69) is 4.98 Å². The Bertz CT molecular complexity index is 964. The molecule has 6 heteroatoms. The van der Waals surface area contributed by atoms with Gasteiger partial charge in [-0.3, -0.25) is 14.3 Å². The van der Waals surface area contributed by atoms with Gasteiger partial charge in [0, 0.05) is 11.8 Å². The molecule has 124 valence electrons. The second kappa shape index (κ2) is 6.11. The Hall–Kier alpha value is -2.63. The van der Waals surface area contributed by atoms with Crippen molar-refractivity contribution in [2.45, 2.75) is 26.2 Å². The largest absolute Gasteiger partial charge is 0.283 e. The average molecular weight is 332 g/mol. The zero-order chi connectivity index (χ0) is 17.4. The maximum absolute atomic E-state index is 13.6. The molecule has 3 rings (SSSR count). The minimum absolute atomic E-state index is 0.0176. The molecule has 0 aliphatic carbocycles. The molecule has 2 aromatic heterocycles. The topological polar surface area (TPSA) is 34.9 Å². The van der Waals surface area contributed by atoms with E-state index >= 15 is 0 Å². The van der Waals surface area contributed by atoms with Crippen molar-refractivity contribution in [2.75, 3.05) is 0 Å². The number of benzene rings is 1. The average Bonchev–Trinajstić information content (AvgIpc) is 2.55. The van der Waals surface area contributed by atoms with Crippen LogP contribution < -0.4 is 5.56 Å². The van der Waals surface area contributed by atoms with Crippen LogP contribution >= 0.6 is 0 Å². The Balaban J connectivity index is 2.42. The summed E-state index contributed by atoms with van der Waals surface area (Å²) in [5.74, 6) is -0.662. The molecule has 0 bridgehead atoms. The Morgan fingerprint density at radius 2 is 1.83 bits per heavy atom. The molecule has 2 heterocycles. The number of fused-ring (bicyclic) bond motifs is 1. The molecule has 0 saturated heterocycles. The molecule has 0 N–H and O–H groups in total. The van der Waals surface area contributed by atoms with Crippen LogP contribution in [-0.2, 0) is 0 Å². The molecule has 0 unspecified atom stereocenters. The van der Waals surface area contributed by atoms with E-state index in [0.717, 1.165) is 16.8 Å². The summed E-state index contributed by atoms with van der Waals surface area (Å²) >= 11 is 0. The van der Waals surface area contributed by atoms with Crippen LogP contribution in [0.3, 0.4) is 0 Å². The molecular weight excluding hydrogens is 317 g/mol. The molecule has 0 amide bonds. The zero-order valence-electron chi connectivity index (χ0n) is 13.1. The van der Waals surface area contributed by atoms with Crippen molar-refractivity contribution in [1.82, 2.24) is 9.55 Å². The van der Waals surface area contributed by atoms with Crippen LogP contribution in [0, 0.1) is 5.82 Å². The molecule has 0 spiro atoms. The minimum Gasteiger partial charge on any atom is -0.283 e. The number of halogens is 3. The molecule has 0 atom stereocenters. The van der Waals surface area contributed by atoms with Gasteiger partial charge in [0.25, 0.3) is 12.0 Å². The van der Waals surface area contributed by atoms with Crippen LogP contribution in [0.25, 0.3) is 16.6 Å². The van der Waals surface area contributed by atoms with Crippen molar-refractivity contribution in [3.63, 3.8) is 0 Å². The summed E-state index contributed by atoms with van der Waals surface area (Å²) in [5.41, 5.74) is 0.342. The second-order valence-corrected chi connectivity index (χ2v) is 5.82. The fourth-order valence-corrected chi connectivity index (χ4v) is 2.71. The highest BCUT2D eigenvalue weighted by Gasteiger charge is 2.18. The fraction of sp³-hybridized carbons (Fsp3) is 0.222. The van der Waals surface area contributed by atoms with Crippen LogP contribution in [0.4, 0.5) is 13.2 Å². The maximum Gasteiger partial charge on any atom is 0.265 e. The predicted molar refractivity (Wildman–Crippen MR) is 86.3 cm³/mol. The van der Waals surface area contributed by atoms with Crippen LogP contribution in [0.1, 0.15) is 37.3 Å². The van der Waals surface area contributed by atoms with Crippen molar-refractivity contribution in [2.24, 2.45) is 0 Å². The first-order valence-corrected chi connectivity index (χ1v) is 7.48. The van der Waals surface area contributed by atoms with Gasteiger partial charge >= 0.3 is 0 Å². The van der Waals surface area contributed by atoms with Gasteiger partial charge in [0.2, 0.25) is 0 Å². The molecule has 3 aromatic rings. The van der Waals surface area contributed by atoms with Gasteiger partial charge in [-0.05, 0) is 23.6 Å². The molecule has 0 aliphatic heterocycles. The second-order valence-electron chi connectivity index (χ2n) is 5.82. The summed E-state index contributed by atoms with van der Waals surface area (Å²) in [5, 5.41) is 0.0743. The minimum atomic E-state index is -2.73. The number of pyridine rings is 2. The van der Waals surface area contributed by atoms with Gasteiger partial charge in [0.1, 0.15) is 5.82 Å². The van der Waals surface area contributed by atoms with Crippen molar-refractivity contribution in [3.05, 3.63) is 70.0 Å². The Labute approximate surface area is 136 Å². The Morgan fingerprint density at radius 3 is 2.50 bits per heavy atom. The lowest BCUT2D eigenvalue weighted by Gasteiger charge is -2.16. The quantitative estimate of drug-likeness (QED) is 0.703. The van der Waals surface area contributed by atoms with E-state index < -0.39 is 17.8 Å². The van der Waals surface area contributed by atoms with Gasteiger partial charge in [0.15, 0.2) is 0 Å². The standard InChI is InChI=1S/C18H15F3N2O/c1-10(2)14-9-23(15-6-4-3-5-12(15)17(20)21)18(24)13-7-11(19)8-22-16(13)14/h3-10,17H,1-2H3. The number of para-hydroxylation sites is 1. The zero-order valence-corrected chi connectivity index (χ0v) is 13.1. The summed E-state index contributed by atoms with van der Waals surface area (Å²) in [4.78, 5) is 16.8. The van der Waals surface area contributed by atoms with Crippen molar-refractivity contribution < 1.29 is 13.2 Å². The maximum atomic E-state index is 13.6. The molecular formula is C18H15F3N2O. The predicted octanol–water partition coefficient (Wildman–Crippen LogP) is 4.59. The van der Waals surface area contributed by atoms with Crippen LogP contribution in [0.2, 0.25) is 0 Å². The lowest BCUT2D eigenvalue weighted by atomic mass is 10.0. The van der Waals surface area contributed by atoms with E-state index in [1.807, 2.05) is 13.8 Å². The summed E-state index contributed by atoms with van der Waals surface area (Å²) in [6, 6.07) is 6.89. The lowest BCUT2D eigenvalue weighted by molar-refractivity contribution is 0.151. The van der Waals surface area contributed by atoms with Gasteiger partial charge in [-0.1, -0.05) is 32.0 Å². The number of aromatic nitrogens is 2. The summed E-state index contributed by atoms with van der Waals surface area (Å²) in [7, 11) is 0. The summed E-state index contributed by atoms with van der Waals surface area (Å²) < 4.78 is 41.3. The number of hydrogen-bond acceptors (Lipinski definition) is 2. The first-order valence-electron chi connectivity index (χ1n) is 7.48. The molecule has 0 aliphatic rings. The first-order chi connectivity index (χ1) is 11.4. The van der Waals surface area contributed by atoms with Gasteiger partial charge in [-0.2, -0.15) is 0 Å². The molecule has 3 nitrogen and oxygen atoms in total. The molecule has 1 aromatic carbocycles. The SMILES string of the molecule is CC(C)c1cn(-c2ccccc2C(F)F)c(=O)c2cc(F)cnc12. The van der Waals surface area contributed by atoms with E-state index in [4.69, 9.17) is 0 Å². The molecule has 0 fully saturated rings. The van der Waals surface area contributed by atoms with Crippen LogP contribution in [0.5, 0.6) is 0 Å². The van der Waals surface area contributed by atoms with E-state index in [-0.39, 0.29) is 22.6 Å². The van der Waals surface area contributed by atoms with Crippen molar-refractivity contribution in [1.29, 1.82) is 0 Å². The Morgan fingerprint density at radius 1 is 1.12 bits per heavy atom. The third-order valence-electron chi connectivity index (χ3n) is 3.90. The van der Waals surface area contributed by atoms with Crippen LogP contribution in [0.15, 0.2) is 47.5 Å². The van der Waals surface area contributed by atoms with E-state index in [1.165, 1.54) is 24.4 Å². The molecule has 0 saturated carbocycles. The van der Waals surface area contributed by atoms with Crippen molar-refractivity contribution >= 4 is 10.9 Å². The lowest BCUT2D eigenvalue weighted by Crippen LogP contribution is -2.21. The fourth-order valence-electron chi connectivity index (χ4n) is 2.71. The monoisotopic (exact) mass is 332 g/mol. The number of nitrogens with zero attached hydrogens (tertiary/aromatic N) is 2. The molecule has 0 radical (unpaired) electrons. The number of alkyl halides is 2. The van der Waals surface area contributed by atoms with E-state index in [1.54, 1.807) is 6.07 Å². The van der Waals surface area contributed by atoms with Gasteiger partial charge in [-0.15, -0.1) is 0 Å². The third-order valence-corrected chi connectivity index (χ3v) is 3.90. The van der Waals surface area contributed by atoms with Crippen LogP contribution in [-0.4, -0.2) is 9.55 Å². The normalized spacial score (nSPS) is 11.6.